The van der Waals surface area contributed by atoms with Crippen LogP contribution in [0.15, 0.2) is 17.3 Å². The minimum Gasteiger partial charge on any atom is -0.274 e. The highest BCUT2D eigenvalue weighted by atomic mass is 32.2. The van der Waals surface area contributed by atoms with Crippen LogP contribution >= 0.6 is 0 Å². The fourth-order valence-electron chi connectivity index (χ4n) is 1.65. The van der Waals surface area contributed by atoms with Crippen molar-refractivity contribution in [2.24, 2.45) is 7.05 Å². The molecule has 0 unspecified atom stereocenters. The fourth-order valence-corrected chi connectivity index (χ4v) is 3.33. The van der Waals surface area contributed by atoms with E-state index in [1.807, 2.05) is 6.92 Å². The Morgan fingerprint density at radius 2 is 2.27 bits per heavy atom. The summed E-state index contributed by atoms with van der Waals surface area (Å²) in [6.07, 6.45) is 4.90. The van der Waals surface area contributed by atoms with Gasteiger partial charge in [-0.2, -0.15) is 9.40 Å². The number of rotatable bonds is 4. The van der Waals surface area contributed by atoms with Crippen molar-refractivity contribution in [1.29, 1.82) is 0 Å². The highest BCUT2D eigenvalue weighted by molar-refractivity contribution is 7.89. The maximum Gasteiger partial charge on any atom is 0.246 e. The first-order valence-electron chi connectivity index (χ1n) is 5.06. The Kier molecular flexibility index (Phi) is 2.56. The van der Waals surface area contributed by atoms with E-state index >= 15 is 0 Å². The smallest absolute Gasteiger partial charge is 0.246 e. The number of hydrogen-bond acceptors (Lipinski definition) is 3. The number of sulfonamides is 1. The van der Waals surface area contributed by atoms with Gasteiger partial charge in [-0.25, -0.2) is 8.42 Å². The lowest BCUT2D eigenvalue weighted by Gasteiger charge is -2.18. The molecule has 0 aliphatic heterocycles. The first kappa shape index (κ1) is 10.6. The molecule has 1 saturated carbocycles. The predicted octanol–water partition coefficient (Wildman–Crippen LogP) is 0.593. The van der Waals surface area contributed by atoms with E-state index in [4.69, 9.17) is 0 Å². The van der Waals surface area contributed by atoms with Crippen molar-refractivity contribution < 1.29 is 8.42 Å². The zero-order valence-electron chi connectivity index (χ0n) is 8.92. The fraction of sp³-hybridized carbons (Fsp3) is 0.667. The average molecular weight is 229 g/mol. The molecule has 1 aliphatic carbocycles. The van der Waals surface area contributed by atoms with E-state index in [1.54, 1.807) is 17.5 Å². The molecule has 0 aromatic carbocycles. The lowest BCUT2D eigenvalue weighted by Crippen LogP contribution is -2.32. The molecule has 1 aromatic heterocycles. The molecule has 2 rings (SSSR count). The summed E-state index contributed by atoms with van der Waals surface area (Å²) in [5, 5.41) is 3.89. The largest absolute Gasteiger partial charge is 0.274 e. The Morgan fingerprint density at radius 3 is 2.67 bits per heavy atom. The van der Waals surface area contributed by atoms with Gasteiger partial charge >= 0.3 is 0 Å². The molecule has 0 N–H and O–H groups in total. The zero-order chi connectivity index (χ0) is 11.1. The maximum atomic E-state index is 12.1. The molecule has 1 fully saturated rings. The van der Waals surface area contributed by atoms with Gasteiger partial charge in [0, 0.05) is 25.8 Å². The number of aromatic nitrogens is 2. The minimum absolute atomic E-state index is 0.209. The first-order valence-corrected chi connectivity index (χ1v) is 6.50. The summed E-state index contributed by atoms with van der Waals surface area (Å²) in [6, 6.07) is 0.209. The van der Waals surface area contributed by atoms with Gasteiger partial charge in [0.15, 0.2) is 0 Å². The van der Waals surface area contributed by atoms with Crippen molar-refractivity contribution in [2.45, 2.75) is 30.7 Å². The van der Waals surface area contributed by atoms with Crippen LogP contribution in [0.1, 0.15) is 19.8 Å². The third-order valence-corrected chi connectivity index (χ3v) is 4.53. The molecule has 0 radical (unpaired) electrons. The summed E-state index contributed by atoms with van der Waals surface area (Å²) in [5.41, 5.74) is 0. The molecular weight excluding hydrogens is 214 g/mol. The third-order valence-electron chi connectivity index (χ3n) is 2.55. The molecule has 15 heavy (non-hydrogen) atoms. The lowest BCUT2D eigenvalue weighted by atomic mass is 10.6. The first-order chi connectivity index (χ1) is 7.05. The van der Waals surface area contributed by atoms with Crippen LogP contribution in [0.25, 0.3) is 0 Å². The van der Waals surface area contributed by atoms with E-state index in [0.717, 1.165) is 12.8 Å². The summed E-state index contributed by atoms with van der Waals surface area (Å²) < 4.78 is 27.3. The van der Waals surface area contributed by atoms with E-state index < -0.39 is 10.0 Å². The van der Waals surface area contributed by atoms with Crippen molar-refractivity contribution in [2.75, 3.05) is 6.54 Å². The van der Waals surface area contributed by atoms with Crippen molar-refractivity contribution >= 4 is 10.0 Å². The summed E-state index contributed by atoms with van der Waals surface area (Å²) in [6.45, 7) is 2.40. The monoisotopic (exact) mass is 229 g/mol. The molecule has 84 valence electrons. The summed E-state index contributed by atoms with van der Waals surface area (Å²) in [5.74, 6) is 0. The van der Waals surface area contributed by atoms with Crippen molar-refractivity contribution in [3.63, 3.8) is 0 Å². The Hall–Kier alpha value is -0.880. The second-order valence-corrected chi connectivity index (χ2v) is 5.68. The van der Waals surface area contributed by atoms with Crippen LogP contribution in [0, 0.1) is 0 Å². The third kappa shape index (κ3) is 1.91. The molecule has 1 aliphatic rings. The summed E-state index contributed by atoms with van der Waals surface area (Å²) in [4.78, 5) is 0.291. The molecule has 1 aromatic rings. The van der Waals surface area contributed by atoms with E-state index in [2.05, 4.69) is 5.10 Å². The average Bonchev–Trinajstić information content (AvgIpc) is 2.88. The molecule has 0 atom stereocenters. The van der Waals surface area contributed by atoms with Crippen LogP contribution in [0.4, 0.5) is 0 Å². The predicted molar refractivity (Wildman–Crippen MR) is 55.8 cm³/mol. The van der Waals surface area contributed by atoms with Crippen molar-refractivity contribution in [3.05, 3.63) is 12.4 Å². The zero-order valence-corrected chi connectivity index (χ0v) is 9.74. The van der Waals surface area contributed by atoms with Gasteiger partial charge in [0.25, 0.3) is 0 Å². The van der Waals surface area contributed by atoms with Crippen LogP contribution in [-0.4, -0.2) is 35.1 Å². The van der Waals surface area contributed by atoms with E-state index in [1.165, 1.54) is 10.9 Å². The molecule has 1 heterocycles. The number of hydrogen-bond donors (Lipinski definition) is 0. The quantitative estimate of drug-likeness (QED) is 0.759. The summed E-state index contributed by atoms with van der Waals surface area (Å²) >= 11 is 0. The van der Waals surface area contributed by atoms with Crippen LogP contribution in [0.5, 0.6) is 0 Å². The standard InChI is InChI=1S/C9H15N3O2S/c1-3-12(8-4-5-8)15(13,14)9-6-10-11(2)7-9/h6-8H,3-5H2,1-2H3. The van der Waals surface area contributed by atoms with Gasteiger partial charge in [-0.15, -0.1) is 0 Å². The van der Waals surface area contributed by atoms with Gasteiger partial charge in [0.05, 0.1) is 6.20 Å². The molecule has 6 heteroatoms. The van der Waals surface area contributed by atoms with Gasteiger partial charge < -0.3 is 0 Å². The van der Waals surface area contributed by atoms with E-state index in [9.17, 15) is 8.42 Å². The van der Waals surface area contributed by atoms with E-state index in [0.29, 0.717) is 11.4 Å². The Balaban J connectivity index is 2.32. The van der Waals surface area contributed by atoms with Crippen molar-refractivity contribution in [1.82, 2.24) is 14.1 Å². The Morgan fingerprint density at radius 1 is 1.60 bits per heavy atom. The van der Waals surface area contributed by atoms with Crippen LogP contribution in [-0.2, 0) is 17.1 Å². The van der Waals surface area contributed by atoms with Gasteiger partial charge in [0.2, 0.25) is 10.0 Å². The molecular formula is C9H15N3O2S. The number of nitrogens with zero attached hydrogens (tertiary/aromatic N) is 3. The van der Waals surface area contributed by atoms with E-state index in [-0.39, 0.29) is 6.04 Å². The molecule has 0 amide bonds. The highest BCUT2D eigenvalue weighted by Gasteiger charge is 2.37. The summed E-state index contributed by atoms with van der Waals surface area (Å²) in [7, 11) is -1.60. The molecule has 0 saturated heterocycles. The molecule has 0 spiro atoms. The van der Waals surface area contributed by atoms with Crippen LogP contribution in [0.3, 0.4) is 0 Å². The normalized spacial score (nSPS) is 17.3. The Bertz CT molecular complexity index is 448. The second-order valence-electron chi connectivity index (χ2n) is 3.79. The van der Waals surface area contributed by atoms with Gasteiger partial charge in [-0.3, -0.25) is 4.68 Å². The maximum absolute atomic E-state index is 12.1. The lowest BCUT2D eigenvalue weighted by molar-refractivity contribution is 0.421. The topological polar surface area (TPSA) is 55.2 Å². The van der Waals surface area contributed by atoms with Gasteiger partial charge in [-0.1, -0.05) is 6.92 Å². The molecule has 5 nitrogen and oxygen atoms in total. The second kappa shape index (κ2) is 3.61. The SMILES string of the molecule is CCN(C1CC1)S(=O)(=O)c1cnn(C)c1. The van der Waals surface area contributed by atoms with Gasteiger partial charge in [-0.05, 0) is 12.8 Å². The highest BCUT2D eigenvalue weighted by Crippen LogP contribution is 2.31. The minimum atomic E-state index is -3.32. The van der Waals surface area contributed by atoms with Crippen LogP contribution < -0.4 is 0 Å². The van der Waals surface area contributed by atoms with Crippen LogP contribution in [0.2, 0.25) is 0 Å². The van der Waals surface area contributed by atoms with Crippen molar-refractivity contribution in [3.8, 4) is 0 Å². The molecule has 0 bridgehead atoms. The van der Waals surface area contributed by atoms with Gasteiger partial charge in [0.1, 0.15) is 4.90 Å². The Labute approximate surface area is 89.7 Å². The number of aryl methyl sites for hydroxylation is 1.